The van der Waals surface area contributed by atoms with Gasteiger partial charge >= 0.3 is 13.9 Å². The molecule has 0 saturated heterocycles. The van der Waals surface area contributed by atoms with E-state index in [0.717, 1.165) is 0 Å². The van der Waals surface area contributed by atoms with Crippen LogP contribution in [0.1, 0.15) is 33.1 Å². The van der Waals surface area contributed by atoms with E-state index in [0.29, 0.717) is 24.6 Å². The van der Waals surface area contributed by atoms with Gasteiger partial charge in [0.2, 0.25) is 5.91 Å². The van der Waals surface area contributed by atoms with Gasteiger partial charge in [-0.3, -0.25) is 14.6 Å². The average Bonchev–Trinajstić information content (AvgIpc) is 2.36. The first kappa shape index (κ1) is 23.3. The Bertz CT molecular complexity index is 373. The third kappa shape index (κ3) is 13.4. The van der Waals surface area contributed by atoms with Gasteiger partial charge in [0, 0.05) is 5.33 Å². The summed E-state index contributed by atoms with van der Waals surface area (Å²) in [7, 11) is -4.22. The predicted octanol–water partition coefficient (Wildman–Crippen LogP) is 2.02. The van der Waals surface area contributed by atoms with Crippen molar-refractivity contribution in [2.45, 2.75) is 37.4 Å². The third-order valence-corrected chi connectivity index (χ3v) is 4.86. The number of hydrogen-bond acceptors (Lipinski definition) is 4. The SMILES string of the molecule is CCC(Br)(CC)C(=O)NC(N)=O.O=P(O)(O)OCCCBr. The van der Waals surface area contributed by atoms with Crippen molar-refractivity contribution in [3.05, 3.63) is 0 Å². The van der Waals surface area contributed by atoms with Crippen LogP contribution in [0, 0.1) is 0 Å². The molecule has 0 heterocycles. The highest BCUT2D eigenvalue weighted by Gasteiger charge is 2.32. The predicted molar refractivity (Wildman–Crippen MR) is 86.4 cm³/mol. The van der Waals surface area contributed by atoms with E-state index in [1.807, 2.05) is 19.2 Å². The Balaban J connectivity index is 0. The summed E-state index contributed by atoms with van der Waals surface area (Å²) in [5.41, 5.74) is 4.81. The van der Waals surface area contributed by atoms with Crippen LogP contribution < -0.4 is 11.1 Å². The van der Waals surface area contributed by atoms with Crippen molar-refractivity contribution in [2.24, 2.45) is 5.73 Å². The quantitative estimate of drug-likeness (QED) is 0.263. The van der Waals surface area contributed by atoms with Gasteiger partial charge in [0.25, 0.3) is 0 Å². The fraction of sp³-hybridized carbons (Fsp3) is 0.800. The molecular formula is C10H21Br2N2O6P. The van der Waals surface area contributed by atoms with E-state index in [9.17, 15) is 14.2 Å². The van der Waals surface area contributed by atoms with E-state index >= 15 is 0 Å². The second kappa shape index (κ2) is 11.6. The smallest absolute Gasteiger partial charge is 0.351 e. The molecule has 0 saturated carbocycles. The van der Waals surface area contributed by atoms with Crippen LogP contribution in [-0.4, -0.2) is 38.0 Å². The number of phosphoric ester groups is 1. The van der Waals surface area contributed by atoms with Crippen LogP contribution in [-0.2, 0) is 13.9 Å². The molecular weight excluding hydrogens is 435 g/mol. The van der Waals surface area contributed by atoms with E-state index < -0.39 is 18.2 Å². The number of nitrogens with two attached hydrogens (primary N) is 1. The standard InChI is InChI=1S/C7H13BrN2O2.C3H8BrO4P/c1-3-7(8,4-2)5(11)10-6(9)12;4-2-1-3-8-9(5,6)7/h3-4H2,1-2H3,(H3,9,10,11,12);1-3H2,(H2,5,6,7). The normalized spacial score (nSPS) is 11.3. The fourth-order valence-corrected chi connectivity index (χ4v) is 1.73. The summed E-state index contributed by atoms with van der Waals surface area (Å²) < 4.78 is 13.4. The zero-order valence-electron chi connectivity index (χ0n) is 11.8. The molecule has 0 aromatic carbocycles. The minimum absolute atomic E-state index is 0.0928. The number of rotatable bonds is 7. The number of carbonyl (C=O) groups is 2. The van der Waals surface area contributed by atoms with Crippen molar-refractivity contribution in [3.63, 3.8) is 0 Å². The number of carbonyl (C=O) groups excluding carboxylic acids is 2. The Labute approximate surface area is 140 Å². The highest BCUT2D eigenvalue weighted by Crippen LogP contribution is 2.35. The Morgan fingerprint density at radius 1 is 1.33 bits per heavy atom. The molecule has 0 rings (SSSR count). The first-order chi connectivity index (χ1) is 9.52. The molecule has 0 atom stereocenters. The lowest BCUT2D eigenvalue weighted by molar-refractivity contribution is -0.122. The summed E-state index contributed by atoms with van der Waals surface area (Å²) in [5.74, 6) is -0.375. The Morgan fingerprint density at radius 2 is 1.81 bits per heavy atom. The van der Waals surface area contributed by atoms with Gasteiger partial charge in [0.15, 0.2) is 0 Å². The van der Waals surface area contributed by atoms with Gasteiger partial charge in [0.05, 0.1) is 6.61 Å². The molecule has 126 valence electrons. The van der Waals surface area contributed by atoms with Crippen molar-refractivity contribution in [3.8, 4) is 0 Å². The lowest BCUT2D eigenvalue weighted by Gasteiger charge is -2.21. The topological polar surface area (TPSA) is 139 Å². The maximum Gasteiger partial charge on any atom is 0.469 e. The molecule has 0 radical (unpaired) electrons. The number of imide groups is 1. The largest absolute Gasteiger partial charge is 0.469 e. The van der Waals surface area contributed by atoms with E-state index in [1.54, 1.807) is 0 Å². The minimum Gasteiger partial charge on any atom is -0.351 e. The van der Waals surface area contributed by atoms with Crippen LogP contribution in [0.15, 0.2) is 0 Å². The van der Waals surface area contributed by atoms with Gasteiger partial charge in [-0.2, -0.15) is 0 Å². The molecule has 0 fully saturated rings. The summed E-state index contributed by atoms with van der Waals surface area (Å²) >= 11 is 6.34. The van der Waals surface area contributed by atoms with Crippen molar-refractivity contribution in [1.29, 1.82) is 0 Å². The molecule has 0 spiro atoms. The monoisotopic (exact) mass is 454 g/mol. The Morgan fingerprint density at radius 3 is 2.10 bits per heavy atom. The van der Waals surface area contributed by atoms with Crippen molar-refractivity contribution in [1.82, 2.24) is 5.32 Å². The molecule has 11 heteroatoms. The average molecular weight is 456 g/mol. The number of halogens is 2. The molecule has 0 aliphatic rings. The van der Waals surface area contributed by atoms with Crippen molar-refractivity contribution in [2.75, 3.05) is 11.9 Å². The minimum atomic E-state index is -4.22. The highest BCUT2D eigenvalue weighted by atomic mass is 79.9. The molecule has 0 aliphatic carbocycles. The number of nitrogens with one attached hydrogen (secondary N) is 1. The summed E-state index contributed by atoms with van der Waals surface area (Å²) in [6.07, 6.45) is 1.83. The van der Waals surface area contributed by atoms with Gasteiger partial charge in [-0.25, -0.2) is 9.36 Å². The van der Waals surface area contributed by atoms with Crippen LogP contribution in [0.25, 0.3) is 0 Å². The Kier molecular flexibility index (Phi) is 12.8. The number of urea groups is 1. The van der Waals surface area contributed by atoms with Gasteiger partial charge in [-0.05, 0) is 19.3 Å². The molecule has 3 amide bonds. The molecule has 0 unspecified atom stereocenters. The van der Waals surface area contributed by atoms with Crippen LogP contribution in [0.5, 0.6) is 0 Å². The van der Waals surface area contributed by atoms with Crippen LogP contribution >= 0.6 is 39.7 Å². The molecule has 21 heavy (non-hydrogen) atoms. The summed E-state index contributed by atoms with van der Waals surface area (Å²) in [6, 6.07) is -0.814. The number of primary amides is 1. The third-order valence-electron chi connectivity index (χ3n) is 2.30. The first-order valence-corrected chi connectivity index (χ1v) is 9.52. The highest BCUT2D eigenvalue weighted by molar-refractivity contribution is 9.10. The zero-order valence-corrected chi connectivity index (χ0v) is 15.9. The second-order valence-electron chi connectivity index (χ2n) is 3.86. The molecule has 0 aromatic heterocycles. The number of alkyl halides is 2. The van der Waals surface area contributed by atoms with E-state index in [2.05, 4.69) is 36.4 Å². The van der Waals surface area contributed by atoms with Gasteiger partial charge in [0.1, 0.15) is 4.32 Å². The fourth-order valence-electron chi connectivity index (χ4n) is 1.03. The lowest BCUT2D eigenvalue weighted by atomic mass is 10.0. The maximum absolute atomic E-state index is 11.3. The van der Waals surface area contributed by atoms with E-state index in [-0.39, 0.29) is 12.5 Å². The molecule has 0 aromatic rings. The van der Waals surface area contributed by atoms with Gasteiger partial charge in [-0.15, -0.1) is 0 Å². The maximum atomic E-state index is 11.3. The number of hydrogen-bond donors (Lipinski definition) is 4. The number of amides is 3. The van der Waals surface area contributed by atoms with E-state index in [4.69, 9.17) is 15.5 Å². The summed E-state index contributed by atoms with van der Waals surface area (Å²) in [6.45, 7) is 3.81. The molecule has 0 aliphatic heterocycles. The van der Waals surface area contributed by atoms with Gasteiger partial charge in [-0.1, -0.05) is 45.7 Å². The van der Waals surface area contributed by atoms with Crippen molar-refractivity contribution < 1.29 is 28.5 Å². The number of phosphoric acid groups is 1. The van der Waals surface area contributed by atoms with Crippen LogP contribution in [0.4, 0.5) is 4.79 Å². The zero-order chi connectivity index (χ0) is 17.1. The second-order valence-corrected chi connectivity index (χ2v) is 7.41. The molecule has 8 nitrogen and oxygen atoms in total. The van der Waals surface area contributed by atoms with Crippen LogP contribution in [0.3, 0.4) is 0 Å². The van der Waals surface area contributed by atoms with Crippen molar-refractivity contribution >= 4 is 51.6 Å². The van der Waals surface area contributed by atoms with Crippen LogP contribution in [0.2, 0.25) is 0 Å². The Hall–Kier alpha value is 0.0100. The van der Waals surface area contributed by atoms with Gasteiger partial charge < -0.3 is 15.5 Å². The van der Waals surface area contributed by atoms with E-state index in [1.165, 1.54) is 0 Å². The summed E-state index contributed by atoms with van der Waals surface area (Å²) in [4.78, 5) is 37.9. The summed E-state index contributed by atoms with van der Waals surface area (Å²) in [5, 5.41) is 2.73. The molecule has 0 bridgehead atoms. The molecule has 5 N–H and O–H groups in total. The first-order valence-electron chi connectivity index (χ1n) is 6.08. The lowest BCUT2D eigenvalue weighted by Crippen LogP contribution is -2.46.